The number of benzene rings is 2. The number of rotatable bonds is 5. The van der Waals surface area contributed by atoms with Gasteiger partial charge in [-0.05, 0) is 55.6 Å². The molecule has 1 amide bonds. The molecule has 0 aromatic heterocycles. The Balaban J connectivity index is 1.64. The van der Waals surface area contributed by atoms with Crippen molar-refractivity contribution in [1.82, 2.24) is 4.90 Å². The van der Waals surface area contributed by atoms with Gasteiger partial charge in [-0.25, -0.2) is 8.42 Å². The second-order valence-electron chi connectivity index (χ2n) is 6.62. The molecule has 2 aromatic rings. The molecular formula is C19H21F2N3O3S. The van der Waals surface area contributed by atoms with E-state index in [0.717, 1.165) is 44.0 Å². The highest BCUT2D eigenvalue weighted by molar-refractivity contribution is 7.91. The predicted octanol–water partition coefficient (Wildman–Crippen LogP) is 2.69. The van der Waals surface area contributed by atoms with Crippen LogP contribution in [0.1, 0.15) is 10.4 Å². The minimum atomic E-state index is -4.67. The molecule has 6 nitrogen and oxygen atoms in total. The van der Waals surface area contributed by atoms with Crippen LogP contribution in [-0.4, -0.2) is 58.2 Å². The molecule has 150 valence electrons. The van der Waals surface area contributed by atoms with Crippen molar-refractivity contribution in [2.24, 2.45) is 0 Å². The third kappa shape index (κ3) is 4.48. The zero-order chi connectivity index (χ0) is 20.3. The molecule has 0 unspecified atom stereocenters. The van der Waals surface area contributed by atoms with Crippen LogP contribution in [0.25, 0.3) is 0 Å². The number of likely N-dealkylation sites (N-methyl/N-ethyl adjacent to an activating group) is 1. The largest absolute Gasteiger partial charge is 0.369 e. The van der Waals surface area contributed by atoms with Crippen LogP contribution in [0, 0.1) is 0 Å². The number of hydrogen-bond acceptors (Lipinski definition) is 5. The van der Waals surface area contributed by atoms with Crippen molar-refractivity contribution in [2.45, 2.75) is 10.7 Å². The Morgan fingerprint density at radius 3 is 2.07 bits per heavy atom. The summed E-state index contributed by atoms with van der Waals surface area (Å²) in [5, 5.41) is 2.71. The van der Waals surface area contributed by atoms with Gasteiger partial charge >= 0.3 is 5.76 Å². The number of carbonyl (C=O) groups excluding carboxylic acids is 1. The van der Waals surface area contributed by atoms with E-state index in [1.807, 2.05) is 12.1 Å². The van der Waals surface area contributed by atoms with E-state index in [9.17, 15) is 22.0 Å². The second-order valence-corrected chi connectivity index (χ2v) is 8.54. The fourth-order valence-corrected chi connectivity index (χ4v) is 3.64. The zero-order valence-electron chi connectivity index (χ0n) is 15.3. The first-order valence-electron chi connectivity index (χ1n) is 8.74. The van der Waals surface area contributed by atoms with E-state index in [1.165, 1.54) is 12.1 Å². The SMILES string of the molecule is CN1CCN(c2ccc(NC(=O)c3ccc(S(=O)(=O)C(F)F)cc3)cc2)CC1. The zero-order valence-corrected chi connectivity index (χ0v) is 16.1. The van der Waals surface area contributed by atoms with E-state index in [1.54, 1.807) is 12.1 Å². The topological polar surface area (TPSA) is 69.7 Å². The van der Waals surface area contributed by atoms with Crippen LogP contribution in [-0.2, 0) is 9.84 Å². The highest BCUT2D eigenvalue weighted by atomic mass is 32.2. The molecular weight excluding hydrogens is 388 g/mol. The average Bonchev–Trinajstić information content (AvgIpc) is 2.69. The molecule has 9 heteroatoms. The van der Waals surface area contributed by atoms with Crippen LogP contribution in [0.4, 0.5) is 20.2 Å². The van der Waals surface area contributed by atoms with Gasteiger partial charge < -0.3 is 15.1 Å². The molecule has 0 bridgehead atoms. The van der Waals surface area contributed by atoms with Gasteiger partial charge in [0.05, 0.1) is 4.90 Å². The lowest BCUT2D eigenvalue weighted by Gasteiger charge is -2.34. The number of hydrogen-bond donors (Lipinski definition) is 1. The Morgan fingerprint density at radius 1 is 0.964 bits per heavy atom. The van der Waals surface area contributed by atoms with Gasteiger partial charge in [0.2, 0.25) is 9.84 Å². The summed E-state index contributed by atoms with van der Waals surface area (Å²) in [7, 11) is -2.58. The van der Waals surface area contributed by atoms with Crippen molar-refractivity contribution in [3.8, 4) is 0 Å². The monoisotopic (exact) mass is 409 g/mol. The number of halogens is 2. The number of nitrogens with one attached hydrogen (secondary N) is 1. The Labute approximate surface area is 162 Å². The van der Waals surface area contributed by atoms with Crippen LogP contribution in [0.15, 0.2) is 53.4 Å². The van der Waals surface area contributed by atoms with Crippen molar-refractivity contribution in [3.05, 3.63) is 54.1 Å². The van der Waals surface area contributed by atoms with Crippen LogP contribution in [0.5, 0.6) is 0 Å². The third-order valence-corrected chi connectivity index (χ3v) is 6.07. The van der Waals surface area contributed by atoms with Crippen molar-refractivity contribution in [2.75, 3.05) is 43.4 Å². The number of sulfone groups is 1. The summed E-state index contributed by atoms with van der Waals surface area (Å²) >= 11 is 0. The van der Waals surface area contributed by atoms with Gasteiger partial charge in [-0.1, -0.05) is 0 Å². The van der Waals surface area contributed by atoms with Crippen molar-refractivity contribution >= 4 is 27.1 Å². The maximum Gasteiger partial charge on any atom is 0.341 e. The Hall–Kier alpha value is -2.52. The van der Waals surface area contributed by atoms with Crippen molar-refractivity contribution in [3.63, 3.8) is 0 Å². The number of carbonyl (C=O) groups is 1. The van der Waals surface area contributed by atoms with Crippen LogP contribution in [0.2, 0.25) is 0 Å². The highest BCUT2D eigenvalue weighted by Crippen LogP contribution is 2.21. The molecule has 1 fully saturated rings. The number of amides is 1. The quantitative estimate of drug-likeness (QED) is 0.822. The van der Waals surface area contributed by atoms with E-state index >= 15 is 0 Å². The smallest absolute Gasteiger partial charge is 0.341 e. The molecule has 1 saturated heterocycles. The number of anilines is 2. The summed E-state index contributed by atoms with van der Waals surface area (Å²) in [6, 6.07) is 11.9. The Morgan fingerprint density at radius 2 is 1.54 bits per heavy atom. The number of nitrogens with zero attached hydrogens (tertiary/aromatic N) is 2. The first-order valence-corrected chi connectivity index (χ1v) is 10.3. The molecule has 2 aromatic carbocycles. The van der Waals surface area contributed by atoms with Gasteiger partial charge in [-0.2, -0.15) is 8.78 Å². The van der Waals surface area contributed by atoms with Gasteiger partial charge in [0, 0.05) is 43.1 Å². The molecule has 1 heterocycles. The molecule has 1 aliphatic rings. The number of piperazine rings is 1. The second kappa shape index (κ2) is 8.24. The van der Waals surface area contributed by atoms with Gasteiger partial charge in [-0.3, -0.25) is 4.79 Å². The third-order valence-electron chi connectivity index (χ3n) is 4.67. The summed E-state index contributed by atoms with van der Waals surface area (Å²) in [5.74, 6) is -3.95. The maximum absolute atomic E-state index is 12.6. The summed E-state index contributed by atoms with van der Waals surface area (Å²) in [5.41, 5.74) is 1.84. The minimum absolute atomic E-state index is 0.177. The molecule has 0 atom stereocenters. The summed E-state index contributed by atoms with van der Waals surface area (Å²) in [6.07, 6.45) is 0. The van der Waals surface area contributed by atoms with Gasteiger partial charge in [0.1, 0.15) is 0 Å². The molecule has 3 rings (SSSR count). The lowest BCUT2D eigenvalue weighted by atomic mass is 10.2. The minimum Gasteiger partial charge on any atom is -0.369 e. The molecule has 28 heavy (non-hydrogen) atoms. The normalized spacial score (nSPS) is 15.6. The first-order chi connectivity index (χ1) is 13.3. The van der Waals surface area contributed by atoms with Gasteiger partial charge in [0.25, 0.3) is 5.91 Å². The molecule has 1 aliphatic heterocycles. The highest BCUT2D eigenvalue weighted by Gasteiger charge is 2.26. The molecule has 1 N–H and O–H groups in total. The fraction of sp³-hybridized carbons (Fsp3) is 0.316. The Kier molecular flexibility index (Phi) is 5.95. The summed E-state index contributed by atoms with van der Waals surface area (Å²) in [4.78, 5) is 16.3. The standard InChI is InChI=1S/C19H21F2N3O3S/c1-23-10-12-24(13-11-23)16-6-4-15(5-7-16)22-18(25)14-2-8-17(9-3-14)28(26,27)19(20)21/h2-9,19H,10-13H2,1H3,(H,22,25). The average molecular weight is 409 g/mol. The van der Waals surface area contributed by atoms with Crippen LogP contribution >= 0.6 is 0 Å². The molecule has 0 saturated carbocycles. The lowest BCUT2D eigenvalue weighted by molar-refractivity contribution is 0.102. The van der Waals surface area contributed by atoms with Gasteiger partial charge in [-0.15, -0.1) is 0 Å². The fourth-order valence-electron chi connectivity index (χ4n) is 2.92. The van der Waals surface area contributed by atoms with E-state index < -0.39 is 26.4 Å². The molecule has 0 spiro atoms. The van der Waals surface area contributed by atoms with E-state index in [4.69, 9.17) is 0 Å². The van der Waals surface area contributed by atoms with Gasteiger partial charge in [0.15, 0.2) is 0 Å². The summed E-state index contributed by atoms with van der Waals surface area (Å²) in [6.45, 7) is 3.87. The molecule has 0 radical (unpaired) electrons. The van der Waals surface area contributed by atoms with Crippen LogP contribution in [0.3, 0.4) is 0 Å². The maximum atomic E-state index is 12.6. The molecule has 0 aliphatic carbocycles. The predicted molar refractivity (Wildman–Crippen MR) is 104 cm³/mol. The van der Waals surface area contributed by atoms with Crippen LogP contribution < -0.4 is 10.2 Å². The first kappa shape index (κ1) is 20.2. The number of alkyl halides is 2. The summed E-state index contributed by atoms with van der Waals surface area (Å²) < 4.78 is 48.0. The van der Waals surface area contributed by atoms with Crippen molar-refractivity contribution in [1.29, 1.82) is 0 Å². The van der Waals surface area contributed by atoms with E-state index in [2.05, 4.69) is 22.2 Å². The van der Waals surface area contributed by atoms with Crippen molar-refractivity contribution < 1.29 is 22.0 Å². The Bertz CT molecular complexity index is 924. The van der Waals surface area contributed by atoms with E-state index in [0.29, 0.717) is 5.69 Å². The van der Waals surface area contributed by atoms with E-state index in [-0.39, 0.29) is 5.56 Å². The lowest BCUT2D eigenvalue weighted by Crippen LogP contribution is -2.44.